The van der Waals surface area contributed by atoms with Gasteiger partial charge in [0.05, 0.1) is 29.4 Å². The summed E-state index contributed by atoms with van der Waals surface area (Å²) < 4.78 is 1.77. The molecule has 5 heterocycles. The summed E-state index contributed by atoms with van der Waals surface area (Å²) in [6.45, 7) is 6.81. The van der Waals surface area contributed by atoms with Gasteiger partial charge in [0, 0.05) is 28.9 Å². The molecule has 38 heavy (non-hydrogen) atoms. The molecule has 2 aliphatic heterocycles. The third-order valence-electron chi connectivity index (χ3n) is 8.12. The molecule has 5 aromatic rings. The highest BCUT2D eigenvalue weighted by molar-refractivity contribution is 6.07. The van der Waals surface area contributed by atoms with Crippen LogP contribution in [0.3, 0.4) is 0 Å². The quantitative estimate of drug-likeness (QED) is 0.392. The Morgan fingerprint density at radius 3 is 2.76 bits per heavy atom. The zero-order valence-electron chi connectivity index (χ0n) is 21.4. The van der Waals surface area contributed by atoms with E-state index in [0.717, 1.165) is 64.9 Å². The maximum atomic E-state index is 13.2. The molecule has 0 aliphatic carbocycles. The summed E-state index contributed by atoms with van der Waals surface area (Å²) in [5, 5.41) is 12.8. The Hall–Kier alpha value is -4.24. The highest BCUT2D eigenvalue weighted by Gasteiger charge is 2.48. The number of fused-ring (bicyclic) bond motifs is 4. The second-order valence-electron chi connectivity index (χ2n) is 10.6. The van der Waals surface area contributed by atoms with Crippen molar-refractivity contribution in [3.63, 3.8) is 0 Å². The fraction of sp³-hybridized carbons (Fsp3) is 0.310. The fourth-order valence-electron chi connectivity index (χ4n) is 5.90. The molecule has 1 N–H and O–H groups in total. The molecule has 0 saturated carbocycles. The van der Waals surface area contributed by atoms with Crippen LogP contribution in [0.15, 0.2) is 60.9 Å². The van der Waals surface area contributed by atoms with Crippen molar-refractivity contribution < 1.29 is 4.79 Å². The number of pyridine rings is 1. The minimum absolute atomic E-state index is 0.113. The standard InChI is InChI=1S/C29H28N8O/c1-18(2)36-12-9-29(10-13-36)22-7-6-21(15-24(22)33-28(29)38)25-16-31-26-27(32-25)37(35-34-26)17-19-5-8-23-20(14-19)4-3-11-30-23/h3-8,11,14-16,18H,9-10,12-13,17H2,1-2H3,(H,33,38). The lowest BCUT2D eigenvalue weighted by molar-refractivity contribution is -0.122. The zero-order valence-corrected chi connectivity index (χ0v) is 21.4. The summed E-state index contributed by atoms with van der Waals surface area (Å²) in [4.78, 5) is 29.4. The molecule has 1 saturated heterocycles. The van der Waals surface area contributed by atoms with Crippen molar-refractivity contribution in [2.24, 2.45) is 0 Å². The molecule has 1 spiro atoms. The van der Waals surface area contributed by atoms with Crippen LogP contribution in [-0.2, 0) is 16.8 Å². The maximum Gasteiger partial charge on any atom is 0.235 e. The van der Waals surface area contributed by atoms with Crippen molar-refractivity contribution in [3.05, 3.63) is 72.1 Å². The number of rotatable bonds is 4. The number of carbonyl (C=O) groups excluding carboxylic acids is 1. The van der Waals surface area contributed by atoms with Crippen LogP contribution >= 0.6 is 0 Å². The van der Waals surface area contributed by atoms with Crippen LogP contribution in [0.5, 0.6) is 0 Å². The molecule has 1 fully saturated rings. The minimum Gasteiger partial charge on any atom is -0.325 e. The molecule has 2 aromatic carbocycles. The van der Waals surface area contributed by atoms with Gasteiger partial charge in [0.2, 0.25) is 11.6 Å². The van der Waals surface area contributed by atoms with Crippen molar-refractivity contribution in [1.82, 2.24) is 34.8 Å². The Morgan fingerprint density at radius 1 is 1.05 bits per heavy atom. The van der Waals surface area contributed by atoms with E-state index in [2.05, 4.69) is 62.5 Å². The number of piperidine rings is 1. The summed E-state index contributed by atoms with van der Waals surface area (Å²) in [7, 11) is 0. The molecule has 0 atom stereocenters. The van der Waals surface area contributed by atoms with Gasteiger partial charge in [0.15, 0.2) is 5.65 Å². The number of hydrogen-bond donors (Lipinski definition) is 1. The van der Waals surface area contributed by atoms with E-state index < -0.39 is 5.41 Å². The number of anilines is 1. The lowest BCUT2D eigenvalue weighted by atomic mass is 9.73. The van der Waals surface area contributed by atoms with E-state index in [1.807, 2.05) is 30.3 Å². The van der Waals surface area contributed by atoms with Crippen molar-refractivity contribution >= 4 is 33.8 Å². The van der Waals surface area contributed by atoms with Gasteiger partial charge in [0.1, 0.15) is 0 Å². The average molecular weight is 505 g/mol. The SMILES string of the molecule is CC(C)N1CCC2(CC1)C(=O)Nc1cc(-c3cnc4nnn(Cc5ccc6ncccc6c5)c4n3)ccc12. The lowest BCUT2D eigenvalue weighted by Crippen LogP contribution is -2.48. The molecule has 7 rings (SSSR count). The molecule has 2 aliphatic rings. The number of aromatic nitrogens is 6. The lowest BCUT2D eigenvalue weighted by Gasteiger charge is -2.39. The Bertz CT molecular complexity index is 1700. The third kappa shape index (κ3) is 3.65. The van der Waals surface area contributed by atoms with E-state index in [1.165, 1.54) is 0 Å². The van der Waals surface area contributed by atoms with E-state index in [1.54, 1.807) is 17.1 Å². The van der Waals surface area contributed by atoms with E-state index in [-0.39, 0.29) is 5.91 Å². The van der Waals surface area contributed by atoms with Crippen LogP contribution in [0.4, 0.5) is 5.69 Å². The molecule has 0 unspecified atom stereocenters. The molecule has 3 aromatic heterocycles. The Morgan fingerprint density at radius 2 is 1.92 bits per heavy atom. The van der Waals surface area contributed by atoms with Gasteiger partial charge in [-0.25, -0.2) is 14.6 Å². The number of carbonyl (C=O) groups is 1. The predicted molar refractivity (Wildman–Crippen MR) is 146 cm³/mol. The van der Waals surface area contributed by atoms with Crippen LogP contribution in [0.25, 0.3) is 33.5 Å². The molecule has 1 amide bonds. The van der Waals surface area contributed by atoms with Crippen LogP contribution in [0, 0.1) is 0 Å². The van der Waals surface area contributed by atoms with Crippen LogP contribution in [-0.4, -0.2) is 59.9 Å². The summed E-state index contributed by atoms with van der Waals surface area (Å²) >= 11 is 0. The summed E-state index contributed by atoms with van der Waals surface area (Å²) in [6, 6.07) is 16.8. The van der Waals surface area contributed by atoms with Gasteiger partial charge in [-0.05, 0) is 75.2 Å². The first kappa shape index (κ1) is 22.9. The monoisotopic (exact) mass is 504 g/mol. The van der Waals surface area contributed by atoms with Gasteiger partial charge < -0.3 is 10.2 Å². The highest BCUT2D eigenvalue weighted by Crippen LogP contribution is 2.46. The highest BCUT2D eigenvalue weighted by atomic mass is 16.2. The normalized spacial score (nSPS) is 17.0. The number of likely N-dealkylation sites (tertiary alicyclic amines) is 1. The molecule has 0 radical (unpaired) electrons. The Balaban J connectivity index is 1.19. The Labute approximate surface area is 219 Å². The summed E-state index contributed by atoms with van der Waals surface area (Å²) in [5.74, 6) is 0.113. The molecular weight excluding hydrogens is 476 g/mol. The second kappa shape index (κ2) is 8.66. The van der Waals surface area contributed by atoms with Crippen molar-refractivity contribution in [3.8, 4) is 11.3 Å². The smallest absolute Gasteiger partial charge is 0.235 e. The summed E-state index contributed by atoms with van der Waals surface area (Å²) in [6.07, 6.45) is 5.19. The predicted octanol–water partition coefficient (Wildman–Crippen LogP) is 4.18. The molecule has 9 heteroatoms. The van der Waals surface area contributed by atoms with Crippen LogP contribution < -0.4 is 5.32 Å². The number of benzene rings is 2. The van der Waals surface area contributed by atoms with E-state index in [9.17, 15) is 4.79 Å². The Kier molecular flexibility index (Phi) is 5.23. The van der Waals surface area contributed by atoms with Gasteiger partial charge in [-0.2, -0.15) is 0 Å². The zero-order chi connectivity index (χ0) is 25.9. The second-order valence-corrected chi connectivity index (χ2v) is 10.6. The first-order valence-corrected chi connectivity index (χ1v) is 13.1. The number of nitrogens with one attached hydrogen (secondary N) is 1. The molecular formula is C29H28N8O. The van der Waals surface area contributed by atoms with E-state index in [4.69, 9.17) is 4.98 Å². The average Bonchev–Trinajstić information content (AvgIpc) is 3.46. The number of hydrogen-bond acceptors (Lipinski definition) is 7. The van der Waals surface area contributed by atoms with Gasteiger partial charge in [-0.1, -0.05) is 29.5 Å². The van der Waals surface area contributed by atoms with Gasteiger partial charge in [-0.3, -0.25) is 9.78 Å². The molecule has 190 valence electrons. The number of nitrogens with zero attached hydrogens (tertiary/aromatic N) is 7. The van der Waals surface area contributed by atoms with Crippen LogP contribution in [0.1, 0.15) is 37.8 Å². The van der Waals surface area contributed by atoms with Crippen LogP contribution in [0.2, 0.25) is 0 Å². The van der Waals surface area contributed by atoms with E-state index in [0.29, 0.717) is 23.9 Å². The van der Waals surface area contributed by atoms with Crippen molar-refractivity contribution in [2.45, 2.75) is 44.7 Å². The molecule has 0 bridgehead atoms. The summed E-state index contributed by atoms with van der Waals surface area (Å²) in [5.41, 5.74) is 6.32. The largest absolute Gasteiger partial charge is 0.325 e. The van der Waals surface area contributed by atoms with Gasteiger partial charge in [-0.15, -0.1) is 5.10 Å². The minimum atomic E-state index is -0.438. The van der Waals surface area contributed by atoms with Gasteiger partial charge >= 0.3 is 0 Å². The van der Waals surface area contributed by atoms with Crippen molar-refractivity contribution in [2.75, 3.05) is 18.4 Å². The fourth-order valence-corrected chi connectivity index (χ4v) is 5.90. The topological polar surface area (TPSA) is 102 Å². The van der Waals surface area contributed by atoms with E-state index >= 15 is 0 Å². The molecule has 9 nitrogen and oxygen atoms in total. The van der Waals surface area contributed by atoms with Crippen molar-refractivity contribution in [1.29, 1.82) is 0 Å². The number of amides is 1. The maximum absolute atomic E-state index is 13.2. The first-order chi connectivity index (χ1) is 18.5. The third-order valence-corrected chi connectivity index (χ3v) is 8.12. The van der Waals surface area contributed by atoms with Gasteiger partial charge in [0.25, 0.3) is 0 Å². The first-order valence-electron chi connectivity index (χ1n) is 13.1.